The number of aryl methyl sites for hydroxylation is 5. The second kappa shape index (κ2) is 10.2. The minimum Gasteiger partial charge on any atom is -0.385 e. The maximum atomic E-state index is 5.14. The quantitative estimate of drug-likeness (QED) is 0.300. The van der Waals surface area contributed by atoms with E-state index in [0.29, 0.717) is 12.6 Å². The Balaban J connectivity index is 1.28. The third kappa shape index (κ3) is 4.82. The molecule has 10 nitrogen and oxygen atoms in total. The van der Waals surface area contributed by atoms with Crippen LogP contribution in [0.2, 0.25) is 0 Å². The average molecular weight is 510 g/mol. The van der Waals surface area contributed by atoms with E-state index in [1.807, 2.05) is 59.0 Å². The van der Waals surface area contributed by atoms with Gasteiger partial charge in [0.2, 0.25) is 5.95 Å². The predicted molar refractivity (Wildman–Crippen MR) is 145 cm³/mol. The first-order valence-corrected chi connectivity index (χ1v) is 12.9. The second-order valence-electron chi connectivity index (χ2n) is 9.67. The lowest BCUT2D eigenvalue weighted by atomic mass is 9.91. The standard InChI is InChI=1S/C28H31N9O/c1-35-18-22(17-30-35)20-7-4-6-19(14-20)15-24-26-23(33-36(24)2)9-8-21-16-29-28(32-27(21)26)31-25-10-12-37(34-25)11-5-13-38-3/h4,6-7,10,12,14,16-18H,5,8-9,11,13,15H2,1-3H3,(H,29,31,32,34). The highest BCUT2D eigenvalue weighted by Crippen LogP contribution is 2.36. The van der Waals surface area contributed by atoms with Gasteiger partial charge in [-0.25, -0.2) is 9.97 Å². The first kappa shape index (κ1) is 24.1. The first-order valence-electron chi connectivity index (χ1n) is 12.9. The van der Waals surface area contributed by atoms with E-state index in [2.05, 4.69) is 44.8 Å². The Morgan fingerprint density at radius 2 is 1.97 bits per heavy atom. The van der Waals surface area contributed by atoms with Gasteiger partial charge in [-0.1, -0.05) is 24.3 Å². The van der Waals surface area contributed by atoms with E-state index in [0.717, 1.165) is 77.4 Å². The molecule has 10 heteroatoms. The van der Waals surface area contributed by atoms with Gasteiger partial charge in [0.15, 0.2) is 5.82 Å². The van der Waals surface area contributed by atoms with Crippen LogP contribution >= 0.6 is 0 Å². The van der Waals surface area contributed by atoms with Crippen LogP contribution in [0.5, 0.6) is 0 Å². The number of nitrogens with one attached hydrogen (secondary N) is 1. The van der Waals surface area contributed by atoms with E-state index >= 15 is 0 Å². The largest absolute Gasteiger partial charge is 0.385 e. The molecule has 6 rings (SSSR count). The molecule has 0 unspecified atom stereocenters. The Bertz CT molecular complexity index is 1580. The van der Waals surface area contributed by atoms with Gasteiger partial charge in [-0.05, 0) is 36.0 Å². The summed E-state index contributed by atoms with van der Waals surface area (Å²) in [5.41, 5.74) is 8.94. The van der Waals surface area contributed by atoms with Gasteiger partial charge in [-0.2, -0.15) is 15.3 Å². The van der Waals surface area contributed by atoms with Crippen molar-refractivity contribution in [2.75, 3.05) is 19.0 Å². The van der Waals surface area contributed by atoms with Gasteiger partial charge in [0, 0.05) is 76.6 Å². The maximum Gasteiger partial charge on any atom is 0.228 e. The molecule has 38 heavy (non-hydrogen) atoms. The molecule has 0 saturated heterocycles. The van der Waals surface area contributed by atoms with Crippen LogP contribution in [0.1, 0.15) is 28.9 Å². The highest BCUT2D eigenvalue weighted by molar-refractivity contribution is 5.72. The molecule has 4 aromatic heterocycles. The molecule has 0 amide bonds. The van der Waals surface area contributed by atoms with Crippen LogP contribution in [-0.4, -0.2) is 53.0 Å². The molecule has 1 aliphatic rings. The summed E-state index contributed by atoms with van der Waals surface area (Å²) in [6.07, 6.45) is 11.2. The normalized spacial score (nSPS) is 12.4. The minimum absolute atomic E-state index is 0.534. The van der Waals surface area contributed by atoms with Crippen LogP contribution in [0.15, 0.2) is 55.1 Å². The van der Waals surface area contributed by atoms with Gasteiger partial charge in [-0.15, -0.1) is 0 Å². The maximum absolute atomic E-state index is 5.14. The van der Waals surface area contributed by atoms with Crippen LogP contribution < -0.4 is 5.32 Å². The third-order valence-electron chi connectivity index (χ3n) is 6.92. The smallest absolute Gasteiger partial charge is 0.228 e. The van der Waals surface area contributed by atoms with E-state index < -0.39 is 0 Å². The fourth-order valence-electron chi connectivity index (χ4n) is 5.05. The summed E-state index contributed by atoms with van der Waals surface area (Å²) in [5.74, 6) is 1.25. The van der Waals surface area contributed by atoms with Crippen LogP contribution in [0.3, 0.4) is 0 Å². The van der Waals surface area contributed by atoms with Crippen molar-refractivity contribution in [1.29, 1.82) is 0 Å². The Kier molecular flexibility index (Phi) is 6.47. The van der Waals surface area contributed by atoms with E-state index in [1.54, 1.807) is 7.11 Å². The molecule has 0 bridgehead atoms. The summed E-state index contributed by atoms with van der Waals surface area (Å²) in [6.45, 7) is 1.51. The van der Waals surface area contributed by atoms with Crippen molar-refractivity contribution in [3.05, 3.63) is 77.6 Å². The number of nitrogens with zero attached hydrogens (tertiary/aromatic N) is 8. The van der Waals surface area contributed by atoms with Gasteiger partial charge in [0.05, 0.1) is 23.3 Å². The lowest BCUT2D eigenvalue weighted by Crippen LogP contribution is -2.09. The van der Waals surface area contributed by atoms with Crippen molar-refractivity contribution >= 4 is 11.8 Å². The molecule has 1 aromatic carbocycles. The van der Waals surface area contributed by atoms with Crippen LogP contribution in [0, 0.1) is 0 Å². The van der Waals surface area contributed by atoms with Gasteiger partial charge in [-0.3, -0.25) is 14.0 Å². The van der Waals surface area contributed by atoms with E-state index in [-0.39, 0.29) is 0 Å². The van der Waals surface area contributed by atoms with Crippen molar-refractivity contribution < 1.29 is 4.74 Å². The fraction of sp³-hybridized carbons (Fsp3) is 0.321. The fourth-order valence-corrected chi connectivity index (χ4v) is 5.05. The summed E-state index contributed by atoms with van der Waals surface area (Å²) < 4.78 is 10.9. The molecular weight excluding hydrogens is 478 g/mol. The number of fused-ring (bicyclic) bond motifs is 3. The molecule has 5 aromatic rings. The molecule has 1 aliphatic carbocycles. The number of benzene rings is 1. The molecular formula is C28H31N9O. The number of hydrogen-bond donors (Lipinski definition) is 1. The molecule has 0 aliphatic heterocycles. The number of rotatable bonds is 9. The molecule has 1 N–H and O–H groups in total. The Morgan fingerprint density at radius 3 is 2.82 bits per heavy atom. The third-order valence-corrected chi connectivity index (χ3v) is 6.92. The van der Waals surface area contributed by atoms with Crippen molar-refractivity contribution in [2.24, 2.45) is 14.1 Å². The van der Waals surface area contributed by atoms with E-state index in [9.17, 15) is 0 Å². The topological polar surface area (TPSA) is 100 Å². The molecule has 0 radical (unpaired) electrons. The molecule has 194 valence electrons. The van der Waals surface area contributed by atoms with Gasteiger partial charge >= 0.3 is 0 Å². The van der Waals surface area contributed by atoms with Crippen molar-refractivity contribution in [1.82, 2.24) is 39.3 Å². The summed E-state index contributed by atoms with van der Waals surface area (Å²) in [7, 11) is 5.67. The second-order valence-corrected chi connectivity index (χ2v) is 9.67. The highest BCUT2D eigenvalue weighted by atomic mass is 16.5. The Labute approximate surface area is 221 Å². The summed E-state index contributed by atoms with van der Waals surface area (Å²) in [5, 5.41) is 17.1. The molecule has 0 atom stereocenters. The monoisotopic (exact) mass is 509 g/mol. The summed E-state index contributed by atoms with van der Waals surface area (Å²) in [4.78, 5) is 9.55. The van der Waals surface area contributed by atoms with Gasteiger partial charge in [0.25, 0.3) is 0 Å². The van der Waals surface area contributed by atoms with Gasteiger partial charge < -0.3 is 10.1 Å². The van der Waals surface area contributed by atoms with Crippen molar-refractivity contribution in [3.63, 3.8) is 0 Å². The highest BCUT2D eigenvalue weighted by Gasteiger charge is 2.26. The number of aromatic nitrogens is 8. The number of hydrogen-bond acceptors (Lipinski definition) is 7. The van der Waals surface area contributed by atoms with E-state index in [1.165, 1.54) is 5.56 Å². The Morgan fingerprint density at radius 1 is 1.05 bits per heavy atom. The SMILES string of the molecule is COCCCn1ccc(Nc2ncc3c(n2)-c2c(nn(C)c2Cc2cccc(-c4cnn(C)c4)c2)CC3)n1. The lowest BCUT2D eigenvalue weighted by molar-refractivity contribution is 0.189. The molecule has 4 heterocycles. The van der Waals surface area contributed by atoms with Crippen LogP contribution in [0.4, 0.5) is 11.8 Å². The zero-order valence-corrected chi connectivity index (χ0v) is 21.9. The van der Waals surface area contributed by atoms with Crippen molar-refractivity contribution in [2.45, 2.75) is 32.2 Å². The summed E-state index contributed by atoms with van der Waals surface area (Å²) in [6, 6.07) is 10.6. The van der Waals surface area contributed by atoms with Crippen LogP contribution in [0.25, 0.3) is 22.4 Å². The first-order chi connectivity index (χ1) is 18.6. The number of ether oxygens (including phenoxy) is 1. The number of methoxy groups -OCH3 is 1. The Hall–Kier alpha value is -4.31. The lowest BCUT2D eigenvalue weighted by Gasteiger charge is -2.17. The molecule has 0 spiro atoms. The van der Waals surface area contributed by atoms with E-state index in [4.69, 9.17) is 14.8 Å². The predicted octanol–water partition coefficient (Wildman–Crippen LogP) is 3.94. The molecule has 0 saturated carbocycles. The van der Waals surface area contributed by atoms with Gasteiger partial charge in [0.1, 0.15) is 0 Å². The average Bonchev–Trinajstić information content (AvgIpc) is 3.64. The number of anilines is 2. The zero-order chi connectivity index (χ0) is 26.1. The van der Waals surface area contributed by atoms with Crippen LogP contribution in [-0.2, 0) is 44.6 Å². The summed E-state index contributed by atoms with van der Waals surface area (Å²) >= 11 is 0. The molecule has 0 fully saturated rings. The minimum atomic E-state index is 0.534. The zero-order valence-electron chi connectivity index (χ0n) is 21.9. The van der Waals surface area contributed by atoms with Crippen molar-refractivity contribution in [3.8, 4) is 22.4 Å².